The second-order valence-electron chi connectivity index (χ2n) is 6.61. The fourth-order valence-electron chi connectivity index (χ4n) is 2.17. The minimum absolute atomic E-state index is 0.106. The third kappa shape index (κ3) is 3.16. The van der Waals surface area contributed by atoms with Gasteiger partial charge >= 0.3 is 0 Å². The molecule has 19 heavy (non-hydrogen) atoms. The molecule has 0 heterocycles. The molecule has 1 aromatic carbocycles. The van der Waals surface area contributed by atoms with Gasteiger partial charge in [-0.1, -0.05) is 45.0 Å². The molecule has 0 aliphatic heterocycles. The first-order chi connectivity index (χ1) is 8.87. The molecule has 0 saturated heterocycles. The predicted molar refractivity (Wildman–Crippen MR) is 77.7 cm³/mol. The number of rotatable bonds is 4. The third-order valence-electron chi connectivity index (χ3n) is 4.00. The summed E-state index contributed by atoms with van der Waals surface area (Å²) in [5, 5.41) is 2.99. The summed E-state index contributed by atoms with van der Waals surface area (Å²) in [6, 6.07) is 8.44. The summed E-state index contributed by atoms with van der Waals surface area (Å²) in [7, 11) is 0. The third-order valence-corrected chi connectivity index (χ3v) is 4.00. The van der Waals surface area contributed by atoms with Crippen LogP contribution in [0.5, 0.6) is 0 Å². The van der Waals surface area contributed by atoms with Gasteiger partial charge in [-0.2, -0.15) is 0 Å². The molecule has 1 saturated carbocycles. The van der Waals surface area contributed by atoms with E-state index in [2.05, 4.69) is 50.4 Å². The van der Waals surface area contributed by atoms with E-state index in [1.165, 1.54) is 5.56 Å². The van der Waals surface area contributed by atoms with Gasteiger partial charge in [0.25, 0.3) is 0 Å². The average Bonchev–Trinajstić information content (AvgIpc) is 3.16. The van der Waals surface area contributed by atoms with Crippen LogP contribution in [0.2, 0.25) is 0 Å². The minimum Gasteiger partial charge on any atom is -0.352 e. The van der Waals surface area contributed by atoms with Crippen molar-refractivity contribution in [3.05, 3.63) is 35.4 Å². The largest absolute Gasteiger partial charge is 0.352 e. The summed E-state index contributed by atoms with van der Waals surface area (Å²) in [5.74, 6) is 0.106. The molecule has 0 radical (unpaired) electrons. The predicted octanol–water partition coefficient (Wildman–Crippen LogP) is 2.34. The summed E-state index contributed by atoms with van der Waals surface area (Å²) >= 11 is 0. The highest BCUT2D eigenvalue weighted by molar-refractivity contribution is 5.85. The highest BCUT2D eigenvalue weighted by Crippen LogP contribution is 2.44. The van der Waals surface area contributed by atoms with Crippen LogP contribution in [0.3, 0.4) is 0 Å². The molecule has 1 aliphatic carbocycles. The van der Waals surface area contributed by atoms with Crippen LogP contribution in [-0.2, 0) is 16.8 Å². The lowest BCUT2D eigenvalue weighted by atomic mass is 9.87. The Morgan fingerprint density at radius 3 is 2.26 bits per heavy atom. The molecule has 1 amide bonds. The maximum atomic E-state index is 12.0. The van der Waals surface area contributed by atoms with E-state index in [0.29, 0.717) is 13.1 Å². The molecule has 1 aromatic rings. The highest BCUT2D eigenvalue weighted by Gasteiger charge is 2.48. The van der Waals surface area contributed by atoms with Crippen molar-refractivity contribution in [2.45, 2.75) is 45.6 Å². The van der Waals surface area contributed by atoms with Crippen molar-refractivity contribution < 1.29 is 4.79 Å². The fraction of sp³-hybridized carbons (Fsp3) is 0.562. The first kappa shape index (κ1) is 14.1. The molecular formula is C16H24N2O. The topological polar surface area (TPSA) is 55.1 Å². The molecule has 1 fully saturated rings. The Morgan fingerprint density at radius 1 is 1.26 bits per heavy atom. The number of benzene rings is 1. The normalized spacial score (nSPS) is 17.1. The molecule has 0 atom stereocenters. The lowest BCUT2D eigenvalue weighted by Gasteiger charge is -2.19. The van der Waals surface area contributed by atoms with Crippen LogP contribution in [0.25, 0.3) is 0 Å². The first-order valence-electron chi connectivity index (χ1n) is 6.95. The Bertz CT molecular complexity index is 453. The lowest BCUT2D eigenvalue weighted by molar-refractivity contribution is -0.126. The van der Waals surface area contributed by atoms with Gasteiger partial charge in [0.2, 0.25) is 5.91 Å². The second kappa shape index (κ2) is 4.97. The standard InChI is InChI=1S/C16H24N2O/c1-15(2,3)13-6-4-12(5-7-13)10-18-14(19)16(11-17)8-9-16/h4-7H,8-11,17H2,1-3H3,(H,18,19). The van der Waals surface area contributed by atoms with Gasteiger partial charge in [-0.15, -0.1) is 0 Å². The van der Waals surface area contributed by atoms with Gasteiger partial charge < -0.3 is 11.1 Å². The SMILES string of the molecule is CC(C)(C)c1ccc(CNC(=O)C2(CN)CC2)cc1. The maximum Gasteiger partial charge on any atom is 0.227 e. The second-order valence-corrected chi connectivity index (χ2v) is 6.61. The molecule has 0 bridgehead atoms. The van der Waals surface area contributed by atoms with E-state index in [0.717, 1.165) is 18.4 Å². The average molecular weight is 260 g/mol. The van der Waals surface area contributed by atoms with E-state index in [1.54, 1.807) is 0 Å². The van der Waals surface area contributed by atoms with E-state index in [4.69, 9.17) is 5.73 Å². The number of hydrogen-bond donors (Lipinski definition) is 2. The quantitative estimate of drug-likeness (QED) is 0.873. The molecule has 1 aliphatic rings. The lowest BCUT2D eigenvalue weighted by Crippen LogP contribution is -2.36. The molecular weight excluding hydrogens is 236 g/mol. The zero-order valence-electron chi connectivity index (χ0n) is 12.1. The Kier molecular flexibility index (Phi) is 3.68. The number of nitrogens with two attached hydrogens (primary N) is 1. The van der Waals surface area contributed by atoms with Gasteiger partial charge in [-0.25, -0.2) is 0 Å². The summed E-state index contributed by atoms with van der Waals surface area (Å²) in [4.78, 5) is 12.0. The molecule has 3 nitrogen and oxygen atoms in total. The fourth-order valence-corrected chi connectivity index (χ4v) is 2.17. The number of carbonyl (C=O) groups excluding carboxylic acids is 1. The summed E-state index contributed by atoms with van der Waals surface area (Å²) in [6.07, 6.45) is 1.86. The van der Waals surface area contributed by atoms with Gasteiger partial charge in [0.1, 0.15) is 0 Å². The van der Waals surface area contributed by atoms with Crippen LogP contribution in [0.4, 0.5) is 0 Å². The van der Waals surface area contributed by atoms with Crippen LogP contribution in [-0.4, -0.2) is 12.5 Å². The zero-order chi connectivity index (χ0) is 14.1. The van der Waals surface area contributed by atoms with Crippen molar-refractivity contribution in [3.63, 3.8) is 0 Å². The van der Waals surface area contributed by atoms with Gasteiger partial charge in [0.15, 0.2) is 0 Å². The number of amides is 1. The molecule has 0 aromatic heterocycles. The monoisotopic (exact) mass is 260 g/mol. The number of hydrogen-bond acceptors (Lipinski definition) is 2. The Labute approximate surface area is 115 Å². The van der Waals surface area contributed by atoms with Gasteiger partial charge in [-0.05, 0) is 29.4 Å². The summed E-state index contributed by atoms with van der Waals surface area (Å²) < 4.78 is 0. The van der Waals surface area contributed by atoms with Crippen molar-refractivity contribution in [1.82, 2.24) is 5.32 Å². The van der Waals surface area contributed by atoms with E-state index in [9.17, 15) is 4.79 Å². The minimum atomic E-state index is -0.259. The summed E-state index contributed by atoms with van der Waals surface area (Å²) in [6.45, 7) is 7.64. The van der Waals surface area contributed by atoms with Gasteiger partial charge in [-0.3, -0.25) is 4.79 Å². The van der Waals surface area contributed by atoms with Crippen LogP contribution >= 0.6 is 0 Å². The van der Waals surface area contributed by atoms with Crippen LogP contribution in [0.1, 0.15) is 44.7 Å². The smallest absolute Gasteiger partial charge is 0.227 e. The molecule has 0 unspecified atom stereocenters. The van der Waals surface area contributed by atoms with E-state index >= 15 is 0 Å². The first-order valence-corrected chi connectivity index (χ1v) is 6.95. The Morgan fingerprint density at radius 2 is 1.84 bits per heavy atom. The number of nitrogens with one attached hydrogen (secondary N) is 1. The molecule has 104 valence electrons. The van der Waals surface area contributed by atoms with Crippen LogP contribution in [0, 0.1) is 5.41 Å². The molecule has 3 heteroatoms. The van der Waals surface area contributed by atoms with Crippen molar-refractivity contribution >= 4 is 5.91 Å². The van der Waals surface area contributed by atoms with E-state index < -0.39 is 0 Å². The van der Waals surface area contributed by atoms with Crippen molar-refractivity contribution in [2.24, 2.45) is 11.1 Å². The zero-order valence-corrected chi connectivity index (χ0v) is 12.1. The highest BCUT2D eigenvalue weighted by atomic mass is 16.2. The molecule has 2 rings (SSSR count). The maximum absolute atomic E-state index is 12.0. The van der Waals surface area contributed by atoms with Crippen LogP contribution < -0.4 is 11.1 Å². The summed E-state index contributed by atoms with van der Waals surface area (Å²) in [5.41, 5.74) is 8.00. The van der Waals surface area contributed by atoms with E-state index in [-0.39, 0.29) is 16.7 Å². The number of carbonyl (C=O) groups is 1. The molecule has 3 N–H and O–H groups in total. The van der Waals surface area contributed by atoms with Crippen LogP contribution in [0.15, 0.2) is 24.3 Å². The van der Waals surface area contributed by atoms with Crippen molar-refractivity contribution in [3.8, 4) is 0 Å². The Balaban J connectivity index is 1.92. The van der Waals surface area contributed by atoms with Crippen molar-refractivity contribution in [2.75, 3.05) is 6.54 Å². The van der Waals surface area contributed by atoms with Gasteiger partial charge in [0.05, 0.1) is 5.41 Å². The molecule has 0 spiro atoms. The Hall–Kier alpha value is -1.35. The van der Waals surface area contributed by atoms with E-state index in [1.807, 2.05) is 0 Å². The van der Waals surface area contributed by atoms with Gasteiger partial charge in [0, 0.05) is 13.1 Å². The van der Waals surface area contributed by atoms with Crippen molar-refractivity contribution in [1.29, 1.82) is 0 Å².